The van der Waals surface area contributed by atoms with Crippen molar-refractivity contribution in [3.8, 4) is 0 Å². The van der Waals surface area contributed by atoms with Crippen LogP contribution in [0.25, 0.3) is 11.8 Å². The first-order valence-electron chi connectivity index (χ1n) is 8.58. The van der Waals surface area contributed by atoms with E-state index < -0.39 is 0 Å². The Morgan fingerprint density at radius 2 is 1.79 bits per heavy atom. The summed E-state index contributed by atoms with van der Waals surface area (Å²) in [4.78, 5) is 0. The molecule has 24 heavy (non-hydrogen) atoms. The van der Waals surface area contributed by atoms with Gasteiger partial charge in [0.2, 0.25) is 0 Å². The van der Waals surface area contributed by atoms with E-state index in [1.807, 2.05) is 6.07 Å². The van der Waals surface area contributed by atoms with Crippen LogP contribution in [-0.2, 0) is 6.42 Å². The van der Waals surface area contributed by atoms with Crippen LogP contribution < -0.4 is 0 Å². The number of allylic oxidation sites excluding steroid dienone is 1. The summed E-state index contributed by atoms with van der Waals surface area (Å²) in [6, 6.07) is 8.63. The third kappa shape index (κ3) is 2.69. The van der Waals surface area contributed by atoms with Gasteiger partial charge in [0, 0.05) is 11.5 Å². The quantitative estimate of drug-likeness (QED) is 0.669. The second kappa shape index (κ2) is 5.98. The molecule has 124 valence electrons. The molecule has 1 heteroatoms. The van der Waals surface area contributed by atoms with Crippen LogP contribution in [0.15, 0.2) is 36.4 Å². The van der Waals surface area contributed by atoms with Crippen LogP contribution in [0.2, 0.25) is 0 Å². The SMILES string of the molecule is C=C(O)c1ccc(C)c(CC2=Cc3c(C)cc(C)cc3C2C)c1C. The van der Waals surface area contributed by atoms with Crippen molar-refractivity contribution in [3.05, 3.63) is 80.9 Å². The molecule has 0 fully saturated rings. The number of aliphatic hydroxyl groups excluding tert-OH is 1. The molecule has 0 aromatic heterocycles. The van der Waals surface area contributed by atoms with E-state index in [9.17, 15) is 5.11 Å². The number of hydrogen-bond donors (Lipinski definition) is 1. The summed E-state index contributed by atoms with van der Waals surface area (Å²) in [6.07, 6.45) is 3.29. The highest BCUT2D eigenvalue weighted by Gasteiger charge is 2.24. The van der Waals surface area contributed by atoms with Gasteiger partial charge in [-0.1, -0.05) is 55.0 Å². The Labute approximate surface area is 145 Å². The van der Waals surface area contributed by atoms with E-state index in [0.717, 1.165) is 17.5 Å². The monoisotopic (exact) mass is 318 g/mol. The predicted molar refractivity (Wildman–Crippen MR) is 104 cm³/mol. The van der Waals surface area contributed by atoms with Crippen molar-refractivity contribution in [3.63, 3.8) is 0 Å². The summed E-state index contributed by atoms with van der Waals surface area (Å²) in [7, 11) is 0. The molecule has 3 rings (SSSR count). The lowest BCUT2D eigenvalue weighted by Crippen LogP contribution is -2.03. The van der Waals surface area contributed by atoms with E-state index >= 15 is 0 Å². The number of fused-ring (bicyclic) bond motifs is 1. The fourth-order valence-electron chi connectivity index (χ4n) is 3.96. The molecule has 1 nitrogen and oxygen atoms in total. The van der Waals surface area contributed by atoms with Crippen molar-refractivity contribution < 1.29 is 5.11 Å². The van der Waals surface area contributed by atoms with Crippen LogP contribution in [0.5, 0.6) is 0 Å². The second-order valence-corrected chi connectivity index (χ2v) is 7.18. The number of aliphatic hydroxyl groups is 1. The summed E-state index contributed by atoms with van der Waals surface area (Å²) in [5.74, 6) is 0.593. The highest BCUT2D eigenvalue weighted by molar-refractivity contribution is 5.71. The summed E-state index contributed by atoms with van der Waals surface area (Å²) in [5.41, 5.74) is 11.5. The minimum absolute atomic E-state index is 0.150. The predicted octanol–water partition coefficient (Wildman–Crippen LogP) is 6.19. The van der Waals surface area contributed by atoms with Crippen LogP contribution in [-0.4, -0.2) is 5.11 Å². The Morgan fingerprint density at radius 1 is 1.08 bits per heavy atom. The largest absolute Gasteiger partial charge is 0.508 e. The fourth-order valence-corrected chi connectivity index (χ4v) is 3.96. The van der Waals surface area contributed by atoms with Crippen LogP contribution >= 0.6 is 0 Å². The Balaban J connectivity index is 2.02. The van der Waals surface area contributed by atoms with E-state index in [0.29, 0.717) is 5.92 Å². The van der Waals surface area contributed by atoms with Gasteiger partial charge in [0.1, 0.15) is 5.76 Å². The van der Waals surface area contributed by atoms with E-state index in [1.54, 1.807) is 0 Å². The summed E-state index contributed by atoms with van der Waals surface area (Å²) in [5, 5.41) is 9.83. The standard InChI is InChI=1S/C23H26O/c1-13-9-15(3)22-12-19(16(4)23(22)10-13)11-21-14(2)7-8-20(17(21)5)18(6)24/h7-10,12,16,24H,6,11H2,1-5H3. The van der Waals surface area contributed by atoms with Gasteiger partial charge >= 0.3 is 0 Å². The average Bonchev–Trinajstić information content (AvgIpc) is 2.80. The lowest BCUT2D eigenvalue weighted by Gasteiger charge is -2.17. The zero-order chi connectivity index (χ0) is 17.6. The fraction of sp³-hybridized carbons (Fsp3) is 0.304. The Kier molecular flexibility index (Phi) is 4.13. The Morgan fingerprint density at radius 3 is 2.46 bits per heavy atom. The molecular weight excluding hydrogens is 292 g/mol. The van der Waals surface area contributed by atoms with Gasteiger partial charge in [0.15, 0.2) is 0 Å². The second-order valence-electron chi connectivity index (χ2n) is 7.18. The maximum Gasteiger partial charge on any atom is 0.115 e. The van der Waals surface area contributed by atoms with E-state index in [-0.39, 0.29) is 5.76 Å². The van der Waals surface area contributed by atoms with Gasteiger partial charge in [-0.05, 0) is 67.5 Å². The third-order valence-electron chi connectivity index (χ3n) is 5.44. The smallest absolute Gasteiger partial charge is 0.115 e. The molecule has 1 aliphatic carbocycles. The molecule has 1 N–H and O–H groups in total. The van der Waals surface area contributed by atoms with Gasteiger partial charge in [0.25, 0.3) is 0 Å². The molecule has 1 atom stereocenters. The lowest BCUT2D eigenvalue weighted by molar-refractivity contribution is 0.513. The van der Waals surface area contributed by atoms with Gasteiger partial charge in [-0.3, -0.25) is 0 Å². The number of rotatable bonds is 3. The number of benzene rings is 2. The first kappa shape index (κ1) is 16.6. The molecule has 0 heterocycles. The van der Waals surface area contributed by atoms with Gasteiger partial charge in [-0.15, -0.1) is 0 Å². The summed E-state index contributed by atoms with van der Waals surface area (Å²) >= 11 is 0. The van der Waals surface area contributed by atoms with Crippen LogP contribution in [0.4, 0.5) is 0 Å². The topological polar surface area (TPSA) is 20.2 Å². The van der Waals surface area contributed by atoms with Crippen molar-refractivity contribution in [1.82, 2.24) is 0 Å². The maximum absolute atomic E-state index is 9.83. The van der Waals surface area contributed by atoms with Gasteiger partial charge in [-0.2, -0.15) is 0 Å². The molecule has 2 aromatic carbocycles. The molecule has 0 bridgehead atoms. The highest BCUT2D eigenvalue weighted by atomic mass is 16.3. The molecule has 1 aliphatic rings. The number of aryl methyl sites for hydroxylation is 3. The molecule has 0 saturated carbocycles. The molecular formula is C23H26O. The Bertz CT molecular complexity index is 868. The summed E-state index contributed by atoms with van der Waals surface area (Å²) in [6.45, 7) is 14.6. The molecule has 0 aliphatic heterocycles. The van der Waals surface area contributed by atoms with Crippen LogP contribution in [0.3, 0.4) is 0 Å². The highest BCUT2D eigenvalue weighted by Crippen LogP contribution is 2.40. The first-order chi connectivity index (χ1) is 11.3. The zero-order valence-electron chi connectivity index (χ0n) is 15.3. The average molecular weight is 318 g/mol. The number of hydrogen-bond acceptors (Lipinski definition) is 1. The Hall–Kier alpha value is -2.28. The molecule has 0 radical (unpaired) electrons. The first-order valence-corrected chi connectivity index (χ1v) is 8.58. The molecule has 0 amide bonds. The van der Waals surface area contributed by atoms with Crippen molar-refractivity contribution >= 4 is 11.8 Å². The minimum Gasteiger partial charge on any atom is -0.508 e. The van der Waals surface area contributed by atoms with E-state index in [1.165, 1.54) is 39.0 Å². The van der Waals surface area contributed by atoms with Crippen molar-refractivity contribution in [2.24, 2.45) is 0 Å². The van der Waals surface area contributed by atoms with Gasteiger partial charge in [-0.25, -0.2) is 0 Å². The van der Waals surface area contributed by atoms with Crippen molar-refractivity contribution in [1.29, 1.82) is 0 Å². The molecule has 0 saturated heterocycles. The van der Waals surface area contributed by atoms with E-state index in [4.69, 9.17) is 0 Å². The third-order valence-corrected chi connectivity index (χ3v) is 5.44. The van der Waals surface area contributed by atoms with Crippen LogP contribution in [0, 0.1) is 27.7 Å². The molecule has 1 unspecified atom stereocenters. The molecule has 0 spiro atoms. The minimum atomic E-state index is 0.150. The van der Waals surface area contributed by atoms with E-state index in [2.05, 4.69) is 65.5 Å². The molecule has 2 aromatic rings. The lowest BCUT2D eigenvalue weighted by atomic mass is 9.87. The maximum atomic E-state index is 9.83. The summed E-state index contributed by atoms with van der Waals surface area (Å²) < 4.78 is 0. The van der Waals surface area contributed by atoms with Crippen molar-refractivity contribution in [2.75, 3.05) is 0 Å². The van der Waals surface area contributed by atoms with Crippen molar-refractivity contribution in [2.45, 2.75) is 47.0 Å². The normalized spacial score (nSPS) is 16.0. The van der Waals surface area contributed by atoms with Gasteiger partial charge in [0.05, 0.1) is 0 Å². The zero-order valence-corrected chi connectivity index (χ0v) is 15.3. The van der Waals surface area contributed by atoms with Gasteiger partial charge < -0.3 is 5.11 Å². The van der Waals surface area contributed by atoms with Crippen LogP contribution in [0.1, 0.15) is 57.3 Å².